The van der Waals surface area contributed by atoms with E-state index in [0.29, 0.717) is 0 Å². The molecule has 0 aliphatic carbocycles. The zero-order chi connectivity index (χ0) is 12.8. The Morgan fingerprint density at radius 1 is 0.778 bits per heavy atom. The minimum Gasteiger partial charge on any atom is -0.491 e. The van der Waals surface area contributed by atoms with Crippen molar-refractivity contribution < 1.29 is 4.74 Å². The number of hydrogen-bond donors (Lipinski definition) is 0. The minimum atomic E-state index is 0.200. The van der Waals surface area contributed by atoms with Crippen LogP contribution in [0, 0.1) is 11.8 Å². The van der Waals surface area contributed by atoms with E-state index in [9.17, 15) is 0 Å². The third-order valence-corrected chi connectivity index (χ3v) is 2.35. The van der Waals surface area contributed by atoms with E-state index in [1.54, 1.807) is 0 Å². The van der Waals surface area contributed by atoms with Crippen molar-refractivity contribution in [2.75, 3.05) is 0 Å². The van der Waals surface area contributed by atoms with Gasteiger partial charge in [0, 0.05) is 11.1 Å². The molecule has 0 N–H and O–H groups in total. The Bertz CT molecular complexity index is 542. The lowest BCUT2D eigenvalue weighted by Crippen LogP contribution is -2.05. The van der Waals surface area contributed by atoms with Crippen molar-refractivity contribution in [3.63, 3.8) is 0 Å². The Labute approximate surface area is 108 Å². The first-order valence-electron chi connectivity index (χ1n) is 6.08. The van der Waals surface area contributed by atoms with Gasteiger partial charge in [0.15, 0.2) is 0 Å². The zero-order valence-electron chi connectivity index (χ0n) is 10.7. The molecule has 0 aromatic heterocycles. The zero-order valence-corrected chi connectivity index (χ0v) is 10.7. The largest absolute Gasteiger partial charge is 0.491 e. The van der Waals surface area contributed by atoms with Crippen LogP contribution in [0.5, 0.6) is 5.75 Å². The van der Waals surface area contributed by atoms with Gasteiger partial charge in [-0.2, -0.15) is 0 Å². The maximum atomic E-state index is 5.58. The predicted molar refractivity (Wildman–Crippen MR) is 74.6 cm³/mol. The molecule has 0 aliphatic heterocycles. The summed E-state index contributed by atoms with van der Waals surface area (Å²) in [6, 6.07) is 17.8. The molecule has 2 aromatic rings. The first-order valence-corrected chi connectivity index (χ1v) is 6.08. The molecule has 1 nitrogen and oxygen atoms in total. The van der Waals surface area contributed by atoms with Gasteiger partial charge in [0.25, 0.3) is 0 Å². The third kappa shape index (κ3) is 3.68. The van der Waals surface area contributed by atoms with E-state index < -0.39 is 0 Å². The average molecular weight is 236 g/mol. The molecule has 0 spiro atoms. The fourth-order valence-corrected chi connectivity index (χ4v) is 1.55. The molecule has 0 aliphatic rings. The van der Waals surface area contributed by atoms with Crippen molar-refractivity contribution >= 4 is 0 Å². The first-order chi connectivity index (χ1) is 8.74. The summed E-state index contributed by atoms with van der Waals surface area (Å²) in [6.45, 7) is 4.03. The van der Waals surface area contributed by atoms with Crippen molar-refractivity contribution in [2.45, 2.75) is 20.0 Å². The van der Waals surface area contributed by atoms with Gasteiger partial charge in [0.05, 0.1) is 6.10 Å². The van der Waals surface area contributed by atoms with Crippen LogP contribution >= 0.6 is 0 Å². The molecule has 0 saturated heterocycles. The van der Waals surface area contributed by atoms with Gasteiger partial charge in [-0.25, -0.2) is 0 Å². The Balaban J connectivity index is 2.09. The molecule has 0 amide bonds. The van der Waals surface area contributed by atoms with E-state index in [-0.39, 0.29) is 6.10 Å². The molecule has 0 atom stereocenters. The highest BCUT2D eigenvalue weighted by atomic mass is 16.5. The van der Waals surface area contributed by atoms with Crippen molar-refractivity contribution in [3.8, 4) is 17.6 Å². The summed E-state index contributed by atoms with van der Waals surface area (Å²) in [4.78, 5) is 0. The van der Waals surface area contributed by atoms with Crippen molar-refractivity contribution in [3.05, 3.63) is 65.7 Å². The summed E-state index contributed by atoms with van der Waals surface area (Å²) in [5.74, 6) is 7.15. The van der Waals surface area contributed by atoms with Gasteiger partial charge in [0.1, 0.15) is 5.75 Å². The summed E-state index contributed by atoms with van der Waals surface area (Å²) >= 11 is 0. The predicted octanol–water partition coefficient (Wildman–Crippen LogP) is 3.87. The summed E-state index contributed by atoms with van der Waals surface area (Å²) in [6.07, 6.45) is 0.200. The highest BCUT2D eigenvalue weighted by Gasteiger charge is 1.96. The van der Waals surface area contributed by atoms with Gasteiger partial charge in [0.2, 0.25) is 0 Å². The van der Waals surface area contributed by atoms with Gasteiger partial charge >= 0.3 is 0 Å². The SMILES string of the molecule is CC(C)Oc1ccc(C#Cc2ccccc2)cc1. The number of hydrogen-bond acceptors (Lipinski definition) is 1. The Hall–Kier alpha value is -2.20. The maximum absolute atomic E-state index is 5.58. The normalized spacial score (nSPS) is 9.72. The molecule has 0 fully saturated rings. The van der Waals surface area contributed by atoms with E-state index in [2.05, 4.69) is 11.8 Å². The quantitative estimate of drug-likeness (QED) is 0.719. The van der Waals surface area contributed by atoms with E-state index in [1.165, 1.54) is 0 Å². The summed E-state index contributed by atoms with van der Waals surface area (Å²) in [5, 5.41) is 0. The van der Waals surface area contributed by atoms with Crippen LogP contribution in [-0.2, 0) is 0 Å². The molecule has 0 saturated carbocycles. The lowest BCUT2D eigenvalue weighted by Gasteiger charge is -2.08. The Kier molecular flexibility index (Phi) is 4.04. The minimum absolute atomic E-state index is 0.200. The van der Waals surface area contributed by atoms with E-state index in [0.717, 1.165) is 16.9 Å². The second-order valence-electron chi connectivity index (χ2n) is 4.31. The summed E-state index contributed by atoms with van der Waals surface area (Å²) in [5.41, 5.74) is 2.02. The van der Waals surface area contributed by atoms with Gasteiger partial charge in [-0.3, -0.25) is 0 Å². The molecular formula is C17H16O. The Morgan fingerprint density at radius 3 is 1.89 bits per heavy atom. The third-order valence-electron chi connectivity index (χ3n) is 2.35. The van der Waals surface area contributed by atoms with Gasteiger partial charge in [-0.1, -0.05) is 30.0 Å². The topological polar surface area (TPSA) is 9.23 Å². The second kappa shape index (κ2) is 5.93. The second-order valence-corrected chi connectivity index (χ2v) is 4.31. The van der Waals surface area contributed by atoms with E-state index in [4.69, 9.17) is 4.74 Å². The van der Waals surface area contributed by atoms with Crippen LogP contribution < -0.4 is 4.74 Å². The smallest absolute Gasteiger partial charge is 0.119 e. The van der Waals surface area contributed by atoms with Crippen LogP contribution in [-0.4, -0.2) is 6.10 Å². The van der Waals surface area contributed by atoms with Crippen molar-refractivity contribution in [1.82, 2.24) is 0 Å². The Morgan fingerprint density at radius 2 is 1.33 bits per heavy atom. The lowest BCUT2D eigenvalue weighted by molar-refractivity contribution is 0.242. The van der Waals surface area contributed by atoms with E-state index >= 15 is 0 Å². The molecule has 18 heavy (non-hydrogen) atoms. The van der Waals surface area contributed by atoms with Crippen LogP contribution in [0.2, 0.25) is 0 Å². The average Bonchev–Trinajstić information content (AvgIpc) is 2.38. The highest BCUT2D eigenvalue weighted by molar-refractivity contribution is 5.44. The van der Waals surface area contributed by atoms with Crippen molar-refractivity contribution in [2.24, 2.45) is 0 Å². The van der Waals surface area contributed by atoms with Gasteiger partial charge in [-0.05, 0) is 50.2 Å². The molecule has 0 radical (unpaired) electrons. The molecule has 90 valence electrons. The maximum Gasteiger partial charge on any atom is 0.119 e. The number of ether oxygens (including phenoxy) is 1. The summed E-state index contributed by atoms with van der Waals surface area (Å²) < 4.78 is 5.58. The standard InChI is InChI=1S/C17H16O/c1-14(2)18-17-12-10-16(11-13-17)9-8-15-6-4-3-5-7-15/h3-7,10-14H,1-2H3. The van der Waals surface area contributed by atoms with Crippen molar-refractivity contribution in [1.29, 1.82) is 0 Å². The van der Waals surface area contributed by atoms with Crippen LogP contribution in [0.3, 0.4) is 0 Å². The van der Waals surface area contributed by atoms with Gasteiger partial charge in [-0.15, -0.1) is 0 Å². The molecule has 0 unspecified atom stereocenters. The van der Waals surface area contributed by atoms with E-state index in [1.807, 2.05) is 68.4 Å². The molecule has 2 aromatic carbocycles. The summed E-state index contributed by atoms with van der Waals surface area (Å²) in [7, 11) is 0. The monoisotopic (exact) mass is 236 g/mol. The molecule has 0 bridgehead atoms. The van der Waals surface area contributed by atoms with Crippen LogP contribution in [0.4, 0.5) is 0 Å². The van der Waals surface area contributed by atoms with Crippen LogP contribution in [0.15, 0.2) is 54.6 Å². The molecule has 1 heteroatoms. The number of benzene rings is 2. The fraction of sp³-hybridized carbons (Fsp3) is 0.176. The van der Waals surface area contributed by atoms with Crippen LogP contribution in [0.25, 0.3) is 0 Å². The van der Waals surface area contributed by atoms with Crippen LogP contribution in [0.1, 0.15) is 25.0 Å². The first kappa shape index (κ1) is 12.3. The highest BCUT2D eigenvalue weighted by Crippen LogP contribution is 2.13. The van der Waals surface area contributed by atoms with Gasteiger partial charge < -0.3 is 4.74 Å². The molecular weight excluding hydrogens is 220 g/mol. The lowest BCUT2D eigenvalue weighted by atomic mass is 10.2. The molecule has 0 heterocycles. The molecule has 2 rings (SSSR count). The fourth-order valence-electron chi connectivity index (χ4n) is 1.55. The number of rotatable bonds is 2.